The van der Waals surface area contributed by atoms with Gasteiger partial charge >= 0.3 is 0 Å². The fourth-order valence-electron chi connectivity index (χ4n) is 4.31. The molecule has 2 aliphatic heterocycles. The van der Waals surface area contributed by atoms with Crippen molar-refractivity contribution in [1.29, 1.82) is 0 Å². The SMILES string of the molecule is O=C(Nc1nn(Cc2ccc(Cl)cc2)c2nc(N3CCCC3)ccc12)C1CCOCC1. The number of halogens is 1. The van der Waals surface area contributed by atoms with Gasteiger partial charge in [-0.25, -0.2) is 9.67 Å². The molecular formula is C23H26ClN5O2. The lowest BCUT2D eigenvalue weighted by Crippen LogP contribution is -2.28. The van der Waals surface area contributed by atoms with Crippen LogP contribution < -0.4 is 10.2 Å². The summed E-state index contributed by atoms with van der Waals surface area (Å²) in [6.45, 7) is 3.86. The monoisotopic (exact) mass is 439 g/mol. The maximum atomic E-state index is 12.8. The van der Waals surface area contributed by atoms with Crippen LogP contribution in [0.15, 0.2) is 36.4 Å². The minimum Gasteiger partial charge on any atom is -0.381 e. The maximum absolute atomic E-state index is 12.8. The number of fused-ring (bicyclic) bond motifs is 1. The van der Waals surface area contributed by atoms with Gasteiger partial charge in [0, 0.05) is 37.2 Å². The Morgan fingerprint density at radius 2 is 1.84 bits per heavy atom. The number of aromatic nitrogens is 3. The van der Waals surface area contributed by atoms with Crippen LogP contribution in [-0.2, 0) is 16.1 Å². The number of amides is 1. The van der Waals surface area contributed by atoms with Crippen molar-refractivity contribution < 1.29 is 9.53 Å². The number of hydrogen-bond acceptors (Lipinski definition) is 5. The van der Waals surface area contributed by atoms with E-state index in [9.17, 15) is 4.79 Å². The summed E-state index contributed by atoms with van der Waals surface area (Å²) >= 11 is 6.04. The van der Waals surface area contributed by atoms with Crippen molar-refractivity contribution in [2.75, 3.05) is 36.5 Å². The molecule has 0 radical (unpaired) electrons. The third-order valence-electron chi connectivity index (χ3n) is 6.09. The number of pyridine rings is 1. The van der Waals surface area contributed by atoms with Gasteiger partial charge in [-0.3, -0.25) is 4.79 Å². The molecule has 7 nitrogen and oxygen atoms in total. The first-order valence-electron chi connectivity index (χ1n) is 10.9. The topological polar surface area (TPSA) is 72.3 Å². The van der Waals surface area contributed by atoms with Gasteiger partial charge in [-0.2, -0.15) is 5.10 Å². The van der Waals surface area contributed by atoms with Crippen LogP contribution >= 0.6 is 11.6 Å². The summed E-state index contributed by atoms with van der Waals surface area (Å²) in [6, 6.07) is 11.8. The molecule has 2 aromatic heterocycles. The summed E-state index contributed by atoms with van der Waals surface area (Å²) in [6.07, 6.45) is 3.87. The van der Waals surface area contributed by atoms with Gasteiger partial charge in [-0.15, -0.1) is 0 Å². The molecule has 2 fully saturated rings. The number of carbonyl (C=O) groups excluding carboxylic acids is 1. The van der Waals surface area contributed by atoms with Crippen LogP contribution in [0.5, 0.6) is 0 Å². The summed E-state index contributed by atoms with van der Waals surface area (Å²) < 4.78 is 7.26. The molecule has 0 bridgehead atoms. The van der Waals surface area contributed by atoms with Crippen molar-refractivity contribution in [3.8, 4) is 0 Å². The molecule has 8 heteroatoms. The summed E-state index contributed by atoms with van der Waals surface area (Å²) in [7, 11) is 0. The Labute approximate surface area is 186 Å². The summed E-state index contributed by atoms with van der Waals surface area (Å²) in [5, 5.41) is 9.37. The second-order valence-electron chi connectivity index (χ2n) is 8.24. The molecular weight excluding hydrogens is 414 g/mol. The van der Waals surface area contributed by atoms with Gasteiger partial charge in [-0.05, 0) is 55.5 Å². The van der Waals surface area contributed by atoms with Crippen LogP contribution in [0.3, 0.4) is 0 Å². The lowest BCUT2D eigenvalue weighted by Gasteiger charge is -2.20. The number of carbonyl (C=O) groups is 1. The van der Waals surface area contributed by atoms with Crippen LogP contribution in [0.2, 0.25) is 5.02 Å². The van der Waals surface area contributed by atoms with Crippen LogP contribution in [-0.4, -0.2) is 47.0 Å². The highest BCUT2D eigenvalue weighted by atomic mass is 35.5. The Bertz CT molecular complexity index is 1070. The van der Waals surface area contributed by atoms with Gasteiger partial charge in [0.05, 0.1) is 11.9 Å². The molecule has 0 unspecified atom stereocenters. The number of nitrogens with one attached hydrogen (secondary N) is 1. The predicted octanol–water partition coefficient (Wildman–Crippen LogP) is 4.10. The van der Waals surface area contributed by atoms with Crippen molar-refractivity contribution >= 4 is 40.2 Å². The summed E-state index contributed by atoms with van der Waals surface area (Å²) in [4.78, 5) is 20.1. The van der Waals surface area contributed by atoms with E-state index < -0.39 is 0 Å². The van der Waals surface area contributed by atoms with E-state index in [1.165, 1.54) is 12.8 Å². The van der Waals surface area contributed by atoms with Gasteiger partial charge in [0.15, 0.2) is 11.5 Å². The molecule has 0 aliphatic carbocycles. The fourth-order valence-corrected chi connectivity index (χ4v) is 4.43. The summed E-state index contributed by atoms with van der Waals surface area (Å²) in [5.74, 6) is 1.50. The minimum atomic E-state index is -0.0398. The number of hydrogen-bond donors (Lipinski definition) is 1. The van der Waals surface area contributed by atoms with E-state index in [-0.39, 0.29) is 11.8 Å². The third kappa shape index (κ3) is 4.38. The Morgan fingerprint density at radius 1 is 1.10 bits per heavy atom. The first-order valence-corrected chi connectivity index (χ1v) is 11.3. The first-order chi connectivity index (χ1) is 15.2. The Hall–Kier alpha value is -2.64. The van der Waals surface area contributed by atoms with Crippen molar-refractivity contribution in [3.63, 3.8) is 0 Å². The second-order valence-corrected chi connectivity index (χ2v) is 8.68. The van der Waals surface area contributed by atoms with Gasteiger partial charge in [0.2, 0.25) is 5.91 Å². The zero-order chi connectivity index (χ0) is 21.2. The van der Waals surface area contributed by atoms with Gasteiger partial charge in [0.1, 0.15) is 5.82 Å². The van der Waals surface area contributed by atoms with Crippen LogP contribution in [0.1, 0.15) is 31.2 Å². The number of benzene rings is 1. The number of ether oxygens (including phenoxy) is 1. The highest BCUT2D eigenvalue weighted by Gasteiger charge is 2.24. The van der Waals surface area contributed by atoms with Crippen LogP contribution in [0.25, 0.3) is 11.0 Å². The smallest absolute Gasteiger partial charge is 0.228 e. The molecule has 5 rings (SSSR count). The van der Waals surface area contributed by atoms with E-state index in [0.29, 0.717) is 30.6 Å². The molecule has 1 amide bonds. The molecule has 3 aromatic rings. The molecule has 2 saturated heterocycles. The molecule has 1 aromatic carbocycles. The van der Waals surface area contributed by atoms with Crippen molar-refractivity contribution in [2.45, 2.75) is 32.2 Å². The van der Waals surface area contributed by atoms with Crippen molar-refractivity contribution in [2.24, 2.45) is 5.92 Å². The second kappa shape index (κ2) is 8.85. The van der Waals surface area contributed by atoms with Crippen molar-refractivity contribution in [3.05, 3.63) is 47.0 Å². The average molecular weight is 440 g/mol. The van der Waals surface area contributed by atoms with Gasteiger partial charge < -0.3 is 15.0 Å². The normalized spacial score (nSPS) is 17.4. The Morgan fingerprint density at radius 3 is 2.58 bits per heavy atom. The van der Waals surface area contributed by atoms with E-state index >= 15 is 0 Å². The lowest BCUT2D eigenvalue weighted by atomic mass is 9.99. The number of rotatable bonds is 5. The number of nitrogens with zero attached hydrogens (tertiary/aromatic N) is 4. The van der Waals surface area contributed by atoms with Gasteiger partial charge in [-0.1, -0.05) is 23.7 Å². The third-order valence-corrected chi connectivity index (χ3v) is 6.34. The Balaban J connectivity index is 1.48. The zero-order valence-electron chi connectivity index (χ0n) is 17.4. The van der Waals surface area contributed by atoms with E-state index in [0.717, 1.165) is 48.3 Å². The highest BCUT2D eigenvalue weighted by molar-refractivity contribution is 6.30. The molecule has 162 valence electrons. The Kier molecular flexibility index (Phi) is 5.78. The van der Waals surface area contributed by atoms with E-state index in [2.05, 4.69) is 10.2 Å². The minimum absolute atomic E-state index is 0.00459. The van der Waals surface area contributed by atoms with Crippen LogP contribution in [0, 0.1) is 5.92 Å². The largest absolute Gasteiger partial charge is 0.381 e. The zero-order valence-corrected chi connectivity index (χ0v) is 18.1. The molecule has 0 spiro atoms. The van der Waals surface area contributed by atoms with E-state index in [4.69, 9.17) is 26.4 Å². The molecule has 0 atom stereocenters. The maximum Gasteiger partial charge on any atom is 0.228 e. The first kappa shape index (κ1) is 20.3. The molecule has 31 heavy (non-hydrogen) atoms. The molecule has 4 heterocycles. The number of anilines is 2. The van der Waals surface area contributed by atoms with Crippen molar-refractivity contribution in [1.82, 2.24) is 14.8 Å². The standard InChI is InChI=1S/C23H26ClN5O2/c24-18-5-3-16(4-6-18)15-29-22-19(7-8-20(25-22)28-11-1-2-12-28)21(27-29)26-23(30)17-9-13-31-14-10-17/h3-8,17H,1-2,9-15H2,(H,26,27,30). The van der Waals surface area contributed by atoms with E-state index in [1.54, 1.807) is 0 Å². The molecule has 0 saturated carbocycles. The van der Waals surface area contributed by atoms with Crippen LogP contribution in [0.4, 0.5) is 11.6 Å². The van der Waals surface area contributed by atoms with Gasteiger partial charge in [0.25, 0.3) is 0 Å². The lowest BCUT2D eigenvalue weighted by molar-refractivity contribution is -0.122. The average Bonchev–Trinajstić information content (AvgIpc) is 3.45. The predicted molar refractivity (Wildman–Crippen MR) is 122 cm³/mol. The molecule has 2 aliphatic rings. The highest BCUT2D eigenvalue weighted by Crippen LogP contribution is 2.28. The van der Waals surface area contributed by atoms with E-state index in [1.807, 2.05) is 41.1 Å². The summed E-state index contributed by atoms with van der Waals surface area (Å²) in [5.41, 5.74) is 1.85. The fraction of sp³-hybridized carbons (Fsp3) is 0.435. The molecule has 1 N–H and O–H groups in total. The quantitative estimate of drug-likeness (QED) is 0.648.